The lowest BCUT2D eigenvalue weighted by molar-refractivity contribution is 0.241. The van der Waals surface area contributed by atoms with Gasteiger partial charge in [0, 0.05) is 6.20 Å². The van der Waals surface area contributed by atoms with E-state index in [0.29, 0.717) is 0 Å². The van der Waals surface area contributed by atoms with Crippen LogP contribution in [0.4, 0.5) is 0 Å². The highest BCUT2D eigenvalue weighted by Gasteiger charge is 2.28. The molecule has 26 heavy (non-hydrogen) atoms. The molecule has 0 radical (unpaired) electrons. The molecule has 0 spiro atoms. The van der Waals surface area contributed by atoms with Gasteiger partial charge in [0.15, 0.2) is 0 Å². The molecule has 1 atom stereocenters. The van der Waals surface area contributed by atoms with Crippen LogP contribution in [-0.2, 0) is 10.2 Å². The van der Waals surface area contributed by atoms with E-state index in [0.717, 1.165) is 12.1 Å². The van der Waals surface area contributed by atoms with E-state index in [1.54, 1.807) is 0 Å². The van der Waals surface area contributed by atoms with Crippen LogP contribution in [0.25, 0.3) is 11.1 Å². The number of hydrogen-bond acceptors (Lipinski definition) is 2. The van der Waals surface area contributed by atoms with Crippen LogP contribution in [0, 0.1) is 0 Å². The van der Waals surface area contributed by atoms with Crippen LogP contribution in [0.1, 0.15) is 24.3 Å². The molecule has 0 aliphatic heterocycles. The fraction of sp³-hybridized carbons (Fsp3) is 0.174. The van der Waals surface area contributed by atoms with Gasteiger partial charge < -0.3 is 3.79 Å². The van der Waals surface area contributed by atoms with E-state index in [9.17, 15) is 0 Å². The smallest absolute Gasteiger partial charge is 0.487 e. The van der Waals surface area contributed by atoms with Gasteiger partial charge in [-0.3, -0.25) is 4.98 Å². The van der Waals surface area contributed by atoms with E-state index in [1.165, 1.54) is 26.7 Å². The summed E-state index contributed by atoms with van der Waals surface area (Å²) in [6, 6.07) is 23.5. The summed E-state index contributed by atoms with van der Waals surface area (Å²) in [5.41, 5.74) is 6.14. The summed E-state index contributed by atoms with van der Waals surface area (Å²) in [6.45, 7) is 2.15. The van der Waals surface area contributed by atoms with Crippen molar-refractivity contribution in [1.29, 1.82) is 0 Å². The maximum atomic E-state index is 6.57. The summed E-state index contributed by atoms with van der Waals surface area (Å²) in [6.07, 6.45) is 5.09. The van der Waals surface area contributed by atoms with Crippen LogP contribution in [-0.4, -0.2) is 19.5 Å². The number of rotatable bonds is 4. The first-order valence-electron chi connectivity index (χ1n) is 9.13. The molecule has 128 valence electrons. The van der Waals surface area contributed by atoms with Crippen LogP contribution < -0.4 is 4.43 Å². The Bertz CT molecular complexity index is 918. The van der Waals surface area contributed by atoms with Crippen LogP contribution in [0.15, 0.2) is 84.6 Å². The minimum atomic E-state index is -1.53. The van der Waals surface area contributed by atoms with Crippen molar-refractivity contribution in [3.8, 4) is 11.1 Å². The van der Waals surface area contributed by atoms with Crippen molar-refractivity contribution in [3.05, 3.63) is 95.8 Å². The summed E-state index contributed by atoms with van der Waals surface area (Å²) >= 11 is -1.53. The van der Waals surface area contributed by atoms with E-state index in [-0.39, 0.29) is 6.10 Å². The molecule has 1 unspecified atom stereocenters. The molecule has 1 aromatic heterocycles. The Labute approximate surface area is 159 Å². The van der Waals surface area contributed by atoms with Gasteiger partial charge in [-0.05, 0) is 41.7 Å². The molecule has 2 aromatic carbocycles. The lowest BCUT2D eigenvalue weighted by Crippen LogP contribution is -2.33. The fourth-order valence-corrected chi connectivity index (χ4v) is 5.13. The van der Waals surface area contributed by atoms with Crippen molar-refractivity contribution in [2.24, 2.45) is 0 Å². The lowest BCUT2D eigenvalue weighted by atomic mass is 9.94. The van der Waals surface area contributed by atoms with E-state index >= 15 is 0 Å². The van der Waals surface area contributed by atoms with Gasteiger partial charge in [-0.2, -0.15) is 0 Å². The monoisotopic (exact) mass is 355 g/mol. The van der Waals surface area contributed by atoms with Crippen molar-refractivity contribution < 1.29 is 3.79 Å². The third-order valence-electron chi connectivity index (χ3n) is 5.06. The van der Waals surface area contributed by atoms with Crippen LogP contribution in [0.3, 0.4) is 0 Å². The Morgan fingerprint density at radius 2 is 1.65 bits per heavy atom. The van der Waals surface area contributed by atoms with Gasteiger partial charge in [-0.25, -0.2) is 0 Å². The molecule has 4 rings (SSSR count). The SMILES string of the molecule is CC1=CCc2cccnc2C1[O][Al]([CH3])[c]1ccc(-c2ccccc2)cc1. The zero-order chi connectivity index (χ0) is 17.9. The van der Waals surface area contributed by atoms with Gasteiger partial charge in [0.05, 0.1) is 11.8 Å². The maximum Gasteiger partial charge on any atom is 0.499 e. The van der Waals surface area contributed by atoms with Crippen molar-refractivity contribution in [3.63, 3.8) is 0 Å². The maximum absolute atomic E-state index is 6.57. The number of allylic oxidation sites excluding steroid dienone is 1. The Morgan fingerprint density at radius 1 is 0.923 bits per heavy atom. The quantitative estimate of drug-likeness (QED) is 0.494. The lowest BCUT2D eigenvalue weighted by Gasteiger charge is -2.27. The fourth-order valence-electron chi connectivity index (χ4n) is 3.48. The second-order valence-electron chi connectivity index (χ2n) is 6.85. The topological polar surface area (TPSA) is 22.1 Å². The van der Waals surface area contributed by atoms with Crippen molar-refractivity contribution in [2.75, 3.05) is 0 Å². The number of hydrogen-bond donors (Lipinski definition) is 0. The van der Waals surface area contributed by atoms with Gasteiger partial charge in [0.2, 0.25) is 0 Å². The second kappa shape index (κ2) is 7.60. The van der Waals surface area contributed by atoms with Gasteiger partial charge in [0.25, 0.3) is 0 Å². The zero-order valence-corrected chi connectivity index (χ0v) is 16.4. The Morgan fingerprint density at radius 3 is 2.42 bits per heavy atom. The summed E-state index contributed by atoms with van der Waals surface area (Å²) < 4.78 is 7.89. The van der Waals surface area contributed by atoms with E-state index in [4.69, 9.17) is 3.79 Å². The third kappa shape index (κ3) is 3.52. The van der Waals surface area contributed by atoms with Crippen molar-refractivity contribution in [2.45, 2.75) is 25.2 Å². The molecule has 0 saturated carbocycles. The third-order valence-corrected chi connectivity index (χ3v) is 7.06. The number of fused-ring (bicyclic) bond motifs is 1. The molecule has 0 saturated heterocycles. The average molecular weight is 355 g/mol. The predicted octanol–water partition coefficient (Wildman–Crippen LogP) is 4.84. The van der Waals surface area contributed by atoms with Crippen molar-refractivity contribution in [1.82, 2.24) is 4.98 Å². The molecule has 0 fully saturated rings. The van der Waals surface area contributed by atoms with Crippen LogP contribution >= 0.6 is 0 Å². The zero-order valence-electron chi connectivity index (χ0n) is 15.2. The normalized spacial score (nSPS) is 15.9. The molecule has 0 amide bonds. The number of aromatic nitrogens is 1. The van der Waals surface area contributed by atoms with Crippen LogP contribution in [0.2, 0.25) is 5.79 Å². The Balaban J connectivity index is 1.54. The molecule has 1 heterocycles. The number of nitrogens with zero attached hydrogens (tertiary/aromatic N) is 1. The summed E-state index contributed by atoms with van der Waals surface area (Å²) in [7, 11) is 0. The largest absolute Gasteiger partial charge is 0.499 e. The Hall–Kier alpha value is -2.18. The van der Waals surface area contributed by atoms with E-state index < -0.39 is 14.5 Å². The molecular weight excluding hydrogens is 333 g/mol. The molecule has 0 bridgehead atoms. The Kier molecular flexibility index (Phi) is 5.04. The number of benzene rings is 2. The van der Waals surface area contributed by atoms with Gasteiger partial charge >= 0.3 is 14.5 Å². The van der Waals surface area contributed by atoms with Gasteiger partial charge in [-0.15, -0.1) is 0 Å². The predicted molar refractivity (Wildman–Crippen MR) is 109 cm³/mol. The minimum Gasteiger partial charge on any atom is -0.487 e. The van der Waals surface area contributed by atoms with Crippen molar-refractivity contribution >= 4 is 18.9 Å². The summed E-state index contributed by atoms with van der Waals surface area (Å²) in [5, 5.41) is 0. The standard InChI is InChI=1S/C12H9.C10H10NO.CH3.Al/c1-3-7-11(8-4-1)12-9-5-2-6-10-12;1-7-4-5-8-3-2-6-11-9(8)10(7)12;;/h1,3-10H;2-4,6,10H,5H2,1H3;1H3;/q;-1;;+1. The summed E-state index contributed by atoms with van der Waals surface area (Å²) in [4.78, 5) is 4.61. The van der Waals surface area contributed by atoms with Crippen LogP contribution in [0.5, 0.6) is 0 Å². The second-order valence-corrected chi connectivity index (χ2v) is 9.07. The molecule has 3 aromatic rings. The molecule has 1 aliphatic carbocycles. The first kappa shape index (κ1) is 17.2. The van der Waals surface area contributed by atoms with E-state index in [1.807, 2.05) is 18.3 Å². The molecule has 1 aliphatic rings. The van der Waals surface area contributed by atoms with E-state index in [2.05, 4.69) is 78.4 Å². The van der Waals surface area contributed by atoms with Gasteiger partial charge in [-0.1, -0.05) is 77.0 Å². The molecule has 3 heteroatoms. The highest BCUT2D eigenvalue weighted by molar-refractivity contribution is 6.66. The highest BCUT2D eigenvalue weighted by Crippen LogP contribution is 2.32. The molecule has 0 N–H and O–H groups in total. The van der Waals surface area contributed by atoms with Gasteiger partial charge in [0.1, 0.15) is 0 Å². The molecular formula is C23H22AlNO. The summed E-state index contributed by atoms with van der Waals surface area (Å²) in [5.74, 6) is 2.25. The first-order valence-corrected chi connectivity index (χ1v) is 11.3. The first-order chi connectivity index (χ1) is 12.7. The average Bonchev–Trinajstić information content (AvgIpc) is 2.71. The number of pyridine rings is 1. The molecule has 2 nitrogen and oxygen atoms in total. The highest BCUT2D eigenvalue weighted by atomic mass is 27.2. The minimum absolute atomic E-state index is 0.00424.